The van der Waals surface area contributed by atoms with E-state index in [2.05, 4.69) is 24.4 Å². The molecule has 37 heavy (non-hydrogen) atoms. The van der Waals surface area contributed by atoms with Crippen LogP contribution in [0, 0.1) is 6.92 Å². The van der Waals surface area contributed by atoms with E-state index in [1.165, 1.54) is 36.6 Å². The number of carbonyl (C=O) groups is 2. The molecule has 2 aromatic carbocycles. The highest BCUT2D eigenvalue weighted by atomic mass is 16.6. The molecule has 0 atom stereocenters. The van der Waals surface area contributed by atoms with E-state index >= 15 is 0 Å². The lowest BCUT2D eigenvalue weighted by Crippen LogP contribution is -2.27. The summed E-state index contributed by atoms with van der Waals surface area (Å²) in [6.07, 6.45) is 8.36. The van der Waals surface area contributed by atoms with Crippen LogP contribution < -0.4 is 5.32 Å². The third-order valence-corrected chi connectivity index (χ3v) is 6.91. The Morgan fingerprint density at radius 2 is 1.78 bits per heavy atom. The predicted molar refractivity (Wildman–Crippen MR) is 147 cm³/mol. The van der Waals surface area contributed by atoms with E-state index in [1.807, 2.05) is 51.2 Å². The van der Waals surface area contributed by atoms with Crippen molar-refractivity contribution in [2.75, 3.05) is 13.7 Å². The summed E-state index contributed by atoms with van der Waals surface area (Å²) in [6.45, 7) is 9.53. The molecule has 6 nitrogen and oxygen atoms in total. The van der Waals surface area contributed by atoms with Crippen LogP contribution in [0.4, 0.5) is 4.79 Å². The maximum absolute atomic E-state index is 12.9. The topological polar surface area (TPSA) is 69.6 Å². The van der Waals surface area contributed by atoms with Crippen molar-refractivity contribution in [3.05, 3.63) is 70.4 Å². The molecule has 1 heterocycles. The largest absolute Gasteiger partial charge is 0.465 e. The monoisotopic (exact) mass is 504 g/mol. The Morgan fingerprint density at radius 3 is 2.43 bits per heavy atom. The highest BCUT2D eigenvalue weighted by Crippen LogP contribution is 2.44. The molecule has 0 bridgehead atoms. The van der Waals surface area contributed by atoms with Crippen molar-refractivity contribution in [2.45, 2.75) is 84.3 Å². The summed E-state index contributed by atoms with van der Waals surface area (Å²) < 4.78 is 12.1. The number of hydrogen-bond donors (Lipinski definition) is 1. The third-order valence-electron chi connectivity index (χ3n) is 6.91. The Labute approximate surface area is 220 Å². The fourth-order valence-electron chi connectivity index (χ4n) is 4.94. The molecule has 1 saturated carbocycles. The van der Waals surface area contributed by atoms with Crippen molar-refractivity contribution in [2.24, 2.45) is 0 Å². The molecule has 1 aromatic heterocycles. The molecule has 0 radical (unpaired) electrons. The van der Waals surface area contributed by atoms with Crippen LogP contribution in [-0.2, 0) is 22.4 Å². The van der Waals surface area contributed by atoms with Gasteiger partial charge in [0.1, 0.15) is 5.60 Å². The molecule has 0 spiro atoms. The van der Waals surface area contributed by atoms with Gasteiger partial charge in [0.15, 0.2) is 0 Å². The van der Waals surface area contributed by atoms with E-state index in [0.717, 1.165) is 55.2 Å². The fourth-order valence-corrected chi connectivity index (χ4v) is 4.94. The molecule has 1 aliphatic carbocycles. The van der Waals surface area contributed by atoms with Gasteiger partial charge in [0.05, 0.1) is 18.2 Å². The number of rotatable bonds is 10. The number of aromatic nitrogens is 1. The Hall–Kier alpha value is -3.12. The van der Waals surface area contributed by atoms with Crippen LogP contribution in [0.5, 0.6) is 0 Å². The van der Waals surface area contributed by atoms with Gasteiger partial charge in [-0.05, 0) is 113 Å². The van der Waals surface area contributed by atoms with Gasteiger partial charge < -0.3 is 14.8 Å². The quantitative estimate of drug-likeness (QED) is 0.240. The lowest BCUT2D eigenvalue weighted by Gasteiger charge is -2.20. The molecule has 6 heteroatoms. The van der Waals surface area contributed by atoms with Crippen molar-refractivity contribution < 1.29 is 19.1 Å². The van der Waals surface area contributed by atoms with Crippen LogP contribution in [0.25, 0.3) is 10.9 Å². The molecule has 0 amide bonds. The van der Waals surface area contributed by atoms with E-state index in [9.17, 15) is 9.59 Å². The van der Waals surface area contributed by atoms with Gasteiger partial charge >= 0.3 is 12.1 Å². The second-order valence-corrected chi connectivity index (χ2v) is 11.1. The zero-order chi connectivity index (χ0) is 26.6. The molecule has 3 aromatic rings. The number of benzene rings is 2. The molecule has 0 aliphatic heterocycles. The van der Waals surface area contributed by atoms with Gasteiger partial charge in [0.2, 0.25) is 0 Å². The number of esters is 1. The highest BCUT2D eigenvalue weighted by molar-refractivity contribution is 5.94. The normalized spacial score (nSPS) is 13.6. The second kappa shape index (κ2) is 11.5. The minimum atomic E-state index is -0.535. The van der Waals surface area contributed by atoms with E-state index in [0.29, 0.717) is 11.5 Å². The number of nitrogens with zero attached hydrogens (tertiary/aromatic N) is 1. The molecule has 0 saturated heterocycles. The van der Waals surface area contributed by atoms with E-state index in [1.54, 1.807) is 4.57 Å². The van der Waals surface area contributed by atoms with E-state index in [4.69, 9.17) is 9.47 Å². The summed E-state index contributed by atoms with van der Waals surface area (Å²) in [5.41, 5.74) is 6.11. The van der Waals surface area contributed by atoms with Gasteiger partial charge in [-0.1, -0.05) is 24.6 Å². The van der Waals surface area contributed by atoms with Crippen molar-refractivity contribution >= 4 is 23.0 Å². The molecule has 1 N–H and O–H groups in total. The number of carbonyl (C=O) groups excluding carboxylic acids is 2. The molecule has 198 valence electrons. The minimum absolute atomic E-state index is 0.297. The average molecular weight is 505 g/mol. The first-order valence-corrected chi connectivity index (χ1v) is 13.4. The van der Waals surface area contributed by atoms with Crippen molar-refractivity contribution in [1.82, 2.24) is 9.88 Å². The number of nitrogens with one attached hydrogen (secondary N) is 1. The lowest BCUT2D eigenvalue weighted by molar-refractivity contribution is 0.0542. The zero-order valence-corrected chi connectivity index (χ0v) is 22.9. The Kier molecular flexibility index (Phi) is 8.38. The zero-order valence-electron chi connectivity index (χ0n) is 22.9. The van der Waals surface area contributed by atoms with Crippen LogP contribution in [0.2, 0.25) is 0 Å². The predicted octanol–water partition coefficient (Wildman–Crippen LogP) is 6.90. The molecular weight excluding hydrogens is 464 g/mol. The van der Waals surface area contributed by atoms with Gasteiger partial charge in [-0.15, -0.1) is 0 Å². The van der Waals surface area contributed by atoms with E-state index in [-0.39, 0.29) is 12.1 Å². The number of aryl methyl sites for hydroxylation is 2. The molecule has 4 rings (SSSR count). The summed E-state index contributed by atoms with van der Waals surface area (Å²) in [5.74, 6) is 0.338. The number of methoxy groups -OCH3 is 1. The average Bonchev–Trinajstić information content (AvgIpc) is 3.60. The first kappa shape index (κ1) is 26.9. The van der Waals surface area contributed by atoms with Crippen molar-refractivity contribution in [3.8, 4) is 0 Å². The van der Waals surface area contributed by atoms with Gasteiger partial charge in [-0.3, -0.25) is 4.57 Å². The maximum Gasteiger partial charge on any atom is 0.418 e. The van der Waals surface area contributed by atoms with Gasteiger partial charge in [-0.2, -0.15) is 0 Å². The van der Waals surface area contributed by atoms with Crippen LogP contribution in [0.1, 0.15) is 91.4 Å². The van der Waals surface area contributed by atoms with Gasteiger partial charge in [0, 0.05) is 18.1 Å². The van der Waals surface area contributed by atoms with Crippen LogP contribution >= 0.6 is 0 Å². The standard InChI is InChI=1S/C31H40N2O4/c1-21-19-26(23-14-15-23)27(25-16-18-33(28(21)25)30(35)37-31(2,3)4)20-32-17-8-6-7-9-22-10-12-24(13-11-22)29(34)36-5/h10-13,16,18-19,23,32H,6-9,14-15,17,20H2,1-5H3. The number of unbranched alkanes of at least 4 members (excludes halogenated alkanes) is 2. The number of ether oxygens (including phenoxy) is 2. The van der Waals surface area contributed by atoms with Crippen LogP contribution in [-0.4, -0.2) is 35.9 Å². The summed E-state index contributed by atoms with van der Waals surface area (Å²) in [5, 5.41) is 4.81. The molecule has 1 fully saturated rings. The Balaban J connectivity index is 1.33. The summed E-state index contributed by atoms with van der Waals surface area (Å²) in [7, 11) is 1.40. The fraction of sp³-hybridized carbons (Fsp3) is 0.484. The van der Waals surface area contributed by atoms with Crippen molar-refractivity contribution in [1.29, 1.82) is 0 Å². The number of fused-ring (bicyclic) bond motifs is 1. The minimum Gasteiger partial charge on any atom is -0.465 e. The lowest BCUT2D eigenvalue weighted by atomic mass is 9.96. The summed E-state index contributed by atoms with van der Waals surface area (Å²) in [6, 6.07) is 12.0. The maximum atomic E-state index is 12.9. The highest BCUT2D eigenvalue weighted by Gasteiger charge is 2.29. The van der Waals surface area contributed by atoms with Crippen molar-refractivity contribution in [3.63, 3.8) is 0 Å². The second-order valence-electron chi connectivity index (χ2n) is 11.1. The smallest absolute Gasteiger partial charge is 0.418 e. The molecule has 0 unspecified atom stereocenters. The Morgan fingerprint density at radius 1 is 1.05 bits per heavy atom. The molecule has 1 aliphatic rings. The first-order chi connectivity index (χ1) is 17.7. The Bertz CT molecular complexity index is 1250. The summed E-state index contributed by atoms with van der Waals surface area (Å²) in [4.78, 5) is 24.4. The van der Waals surface area contributed by atoms with Crippen LogP contribution in [0.15, 0.2) is 42.6 Å². The first-order valence-electron chi connectivity index (χ1n) is 13.4. The third kappa shape index (κ3) is 6.80. The molecular formula is C31H40N2O4. The number of hydrogen-bond acceptors (Lipinski definition) is 5. The summed E-state index contributed by atoms with van der Waals surface area (Å²) >= 11 is 0. The van der Waals surface area contributed by atoms with E-state index < -0.39 is 5.60 Å². The van der Waals surface area contributed by atoms with Gasteiger partial charge in [0.25, 0.3) is 0 Å². The van der Waals surface area contributed by atoms with Crippen LogP contribution in [0.3, 0.4) is 0 Å². The van der Waals surface area contributed by atoms with Gasteiger partial charge in [-0.25, -0.2) is 9.59 Å². The SMILES string of the molecule is COC(=O)c1ccc(CCCCCNCc2c(C3CC3)cc(C)c3c2ccn3C(=O)OC(C)(C)C)cc1.